The molecule has 1 aliphatic heterocycles. The van der Waals surface area contributed by atoms with Gasteiger partial charge in [0.15, 0.2) is 5.13 Å². The summed E-state index contributed by atoms with van der Waals surface area (Å²) in [6.07, 6.45) is 1.17. The van der Waals surface area contributed by atoms with Gasteiger partial charge in [0.2, 0.25) is 0 Å². The van der Waals surface area contributed by atoms with E-state index in [1.54, 1.807) is 0 Å². The molecule has 20 heavy (non-hydrogen) atoms. The summed E-state index contributed by atoms with van der Waals surface area (Å²) in [5.41, 5.74) is 0.470. The molecular formula is C15H24N2O2S. The molecule has 1 aromatic heterocycles. The molecule has 0 spiro atoms. The predicted molar refractivity (Wildman–Crippen MR) is 82.9 cm³/mol. The molecule has 112 valence electrons. The van der Waals surface area contributed by atoms with Gasteiger partial charge >= 0.3 is 5.97 Å². The van der Waals surface area contributed by atoms with Crippen molar-refractivity contribution < 1.29 is 9.90 Å². The molecule has 1 atom stereocenters. The number of carboxylic acids is 1. The summed E-state index contributed by atoms with van der Waals surface area (Å²) in [4.78, 5) is 18.7. The quantitative estimate of drug-likeness (QED) is 0.925. The Bertz CT molecular complexity index is 502. The third-order valence-corrected chi connectivity index (χ3v) is 5.06. The van der Waals surface area contributed by atoms with Crippen molar-refractivity contribution in [2.24, 2.45) is 11.8 Å². The maximum Gasteiger partial charge on any atom is 0.347 e. The van der Waals surface area contributed by atoms with E-state index in [-0.39, 0.29) is 5.41 Å². The molecule has 0 radical (unpaired) electrons. The summed E-state index contributed by atoms with van der Waals surface area (Å²) >= 11 is 1.32. The highest BCUT2D eigenvalue weighted by Crippen LogP contribution is 2.36. The molecule has 0 bridgehead atoms. The first-order valence-corrected chi connectivity index (χ1v) is 8.01. The van der Waals surface area contributed by atoms with E-state index in [0.717, 1.165) is 18.2 Å². The number of hydrogen-bond donors (Lipinski definition) is 1. The molecule has 0 amide bonds. The highest BCUT2D eigenvalue weighted by Gasteiger charge is 2.31. The van der Waals surface area contributed by atoms with E-state index < -0.39 is 5.97 Å². The second-order valence-corrected chi connectivity index (χ2v) is 7.95. The fraction of sp³-hybridized carbons (Fsp3) is 0.733. The Morgan fingerprint density at radius 1 is 1.45 bits per heavy atom. The van der Waals surface area contributed by atoms with Crippen LogP contribution in [0.4, 0.5) is 5.13 Å². The molecule has 5 heteroatoms. The first kappa shape index (κ1) is 15.3. The Kier molecular flexibility index (Phi) is 4.09. The van der Waals surface area contributed by atoms with Gasteiger partial charge < -0.3 is 10.0 Å². The Labute approximate surface area is 124 Å². The van der Waals surface area contributed by atoms with E-state index in [2.05, 4.69) is 23.7 Å². The van der Waals surface area contributed by atoms with E-state index in [9.17, 15) is 9.90 Å². The summed E-state index contributed by atoms with van der Waals surface area (Å²) in [6, 6.07) is 0. The minimum atomic E-state index is -0.863. The monoisotopic (exact) mass is 296 g/mol. The Hall–Kier alpha value is -1.10. The summed E-state index contributed by atoms with van der Waals surface area (Å²) < 4.78 is 0. The van der Waals surface area contributed by atoms with Crippen LogP contribution in [0.3, 0.4) is 0 Å². The molecule has 0 saturated carbocycles. The fourth-order valence-electron chi connectivity index (χ4n) is 2.60. The number of rotatable bonds is 3. The fourth-order valence-corrected chi connectivity index (χ4v) is 3.75. The molecule has 0 aliphatic carbocycles. The standard InChI is InChI=1S/C15H24N2O2S/c1-9(2)10-6-7-17(8-10)14-16-12(15(3,4)5)11(20-14)13(18)19/h9-10H,6-8H2,1-5H3,(H,18,19). The zero-order valence-electron chi connectivity index (χ0n) is 12.9. The van der Waals surface area contributed by atoms with Gasteiger partial charge in [-0.25, -0.2) is 9.78 Å². The van der Waals surface area contributed by atoms with Crippen molar-refractivity contribution in [3.8, 4) is 0 Å². The molecule has 1 N–H and O–H groups in total. The number of carbonyl (C=O) groups is 1. The summed E-state index contributed by atoms with van der Waals surface area (Å²) in [5.74, 6) is 0.490. The second-order valence-electron chi connectivity index (χ2n) is 6.97. The molecule has 1 fully saturated rings. The molecule has 1 aliphatic rings. The van der Waals surface area contributed by atoms with Gasteiger partial charge in [-0.05, 0) is 18.3 Å². The number of nitrogens with zero attached hydrogens (tertiary/aromatic N) is 2. The van der Waals surface area contributed by atoms with E-state index in [1.165, 1.54) is 17.8 Å². The van der Waals surface area contributed by atoms with Gasteiger partial charge in [0, 0.05) is 18.5 Å². The van der Waals surface area contributed by atoms with Crippen molar-refractivity contribution in [1.82, 2.24) is 4.98 Å². The van der Waals surface area contributed by atoms with Gasteiger partial charge in [0.05, 0.1) is 5.69 Å². The molecular weight excluding hydrogens is 272 g/mol. The number of aromatic nitrogens is 1. The minimum absolute atomic E-state index is 0.236. The third-order valence-electron chi connectivity index (χ3n) is 3.96. The topological polar surface area (TPSA) is 53.4 Å². The average molecular weight is 296 g/mol. The average Bonchev–Trinajstić information content (AvgIpc) is 2.94. The molecule has 2 heterocycles. The van der Waals surface area contributed by atoms with E-state index >= 15 is 0 Å². The van der Waals surface area contributed by atoms with Gasteiger partial charge in [0.25, 0.3) is 0 Å². The van der Waals surface area contributed by atoms with Crippen LogP contribution in [-0.4, -0.2) is 29.1 Å². The number of aromatic carboxylic acids is 1. The molecule has 1 unspecified atom stereocenters. The number of carboxylic acid groups (broad SMARTS) is 1. The van der Waals surface area contributed by atoms with E-state index in [1.807, 2.05) is 20.8 Å². The lowest BCUT2D eigenvalue weighted by atomic mass is 9.91. The molecule has 1 saturated heterocycles. The van der Waals surface area contributed by atoms with Crippen LogP contribution in [0.2, 0.25) is 0 Å². The Balaban J connectivity index is 2.29. The van der Waals surface area contributed by atoms with Crippen molar-refractivity contribution in [1.29, 1.82) is 0 Å². The van der Waals surface area contributed by atoms with Crippen molar-refractivity contribution in [3.05, 3.63) is 10.6 Å². The third kappa shape index (κ3) is 2.97. The first-order valence-electron chi connectivity index (χ1n) is 7.19. The lowest BCUT2D eigenvalue weighted by Crippen LogP contribution is -2.21. The number of thiazole rings is 1. The van der Waals surface area contributed by atoms with Crippen LogP contribution < -0.4 is 4.90 Å². The zero-order valence-corrected chi connectivity index (χ0v) is 13.8. The van der Waals surface area contributed by atoms with Crippen LogP contribution >= 0.6 is 11.3 Å². The Morgan fingerprint density at radius 3 is 2.50 bits per heavy atom. The van der Waals surface area contributed by atoms with Crippen molar-refractivity contribution in [3.63, 3.8) is 0 Å². The Morgan fingerprint density at radius 2 is 2.10 bits per heavy atom. The van der Waals surface area contributed by atoms with Crippen LogP contribution in [0.5, 0.6) is 0 Å². The van der Waals surface area contributed by atoms with Crippen LogP contribution in [-0.2, 0) is 5.41 Å². The number of anilines is 1. The minimum Gasteiger partial charge on any atom is -0.477 e. The molecule has 1 aromatic rings. The second kappa shape index (κ2) is 5.35. The molecule has 2 rings (SSSR count). The van der Waals surface area contributed by atoms with Crippen molar-refractivity contribution >= 4 is 22.4 Å². The molecule has 4 nitrogen and oxygen atoms in total. The van der Waals surface area contributed by atoms with Crippen LogP contribution in [0.1, 0.15) is 56.4 Å². The lowest BCUT2D eigenvalue weighted by Gasteiger charge is -2.18. The maximum atomic E-state index is 11.4. The lowest BCUT2D eigenvalue weighted by molar-refractivity contribution is 0.0699. The van der Waals surface area contributed by atoms with Gasteiger partial charge in [-0.3, -0.25) is 0 Å². The largest absolute Gasteiger partial charge is 0.477 e. The molecule has 0 aromatic carbocycles. The van der Waals surface area contributed by atoms with Crippen LogP contribution in [0.15, 0.2) is 0 Å². The van der Waals surface area contributed by atoms with E-state index in [0.29, 0.717) is 22.4 Å². The highest BCUT2D eigenvalue weighted by atomic mass is 32.1. The summed E-state index contributed by atoms with van der Waals surface area (Å²) in [5, 5.41) is 10.2. The zero-order chi connectivity index (χ0) is 15.1. The predicted octanol–water partition coefficient (Wildman–Crippen LogP) is 3.62. The van der Waals surface area contributed by atoms with Crippen molar-refractivity contribution in [2.45, 2.75) is 46.5 Å². The summed E-state index contributed by atoms with van der Waals surface area (Å²) in [6.45, 7) is 12.5. The van der Waals surface area contributed by atoms with Gasteiger partial charge in [0.1, 0.15) is 4.88 Å². The van der Waals surface area contributed by atoms with Gasteiger partial charge in [-0.1, -0.05) is 46.0 Å². The van der Waals surface area contributed by atoms with Crippen LogP contribution in [0.25, 0.3) is 0 Å². The van der Waals surface area contributed by atoms with Crippen molar-refractivity contribution in [2.75, 3.05) is 18.0 Å². The SMILES string of the molecule is CC(C)C1CCN(c2nc(C(C)(C)C)c(C(=O)O)s2)C1. The highest BCUT2D eigenvalue weighted by molar-refractivity contribution is 7.17. The smallest absolute Gasteiger partial charge is 0.347 e. The van der Waals surface area contributed by atoms with Crippen LogP contribution in [0, 0.1) is 11.8 Å². The normalized spacial score (nSPS) is 19.9. The first-order chi connectivity index (χ1) is 9.20. The van der Waals surface area contributed by atoms with Gasteiger partial charge in [-0.2, -0.15) is 0 Å². The van der Waals surface area contributed by atoms with E-state index in [4.69, 9.17) is 0 Å². The summed E-state index contributed by atoms with van der Waals surface area (Å²) in [7, 11) is 0. The number of hydrogen-bond acceptors (Lipinski definition) is 4. The maximum absolute atomic E-state index is 11.4. The van der Waals surface area contributed by atoms with Gasteiger partial charge in [-0.15, -0.1) is 0 Å².